The number of aryl methyl sites for hydroxylation is 1. The molecule has 2 heterocycles. The lowest BCUT2D eigenvalue weighted by Gasteiger charge is -2.35. The van der Waals surface area contributed by atoms with Crippen LogP contribution in [0.3, 0.4) is 0 Å². The number of nitrogens with zero attached hydrogens (tertiary/aromatic N) is 4. The number of carbonyl (C=O) groups is 1. The number of carbonyl (C=O) groups excluding carboxylic acids is 1. The molecule has 160 valence electrons. The molecule has 1 N–H and O–H groups in total. The summed E-state index contributed by atoms with van der Waals surface area (Å²) in [5.41, 5.74) is 3.86. The Morgan fingerprint density at radius 3 is 2.34 bits per heavy atom. The number of fused-ring (bicyclic) bond motifs is 1. The van der Waals surface area contributed by atoms with Gasteiger partial charge in [0.25, 0.3) is 0 Å². The van der Waals surface area contributed by atoms with Crippen molar-refractivity contribution in [3.05, 3.63) is 84.4 Å². The Hall–Kier alpha value is -3.93. The smallest absolute Gasteiger partial charge is 0.321 e. The summed E-state index contributed by atoms with van der Waals surface area (Å²) in [6, 6.07) is 26.4. The summed E-state index contributed by atoms with van der Waals surface area (Å²) in [6.07, 6.45) is 0. The molecule has 0 spiro atoms. The van der Waals surface area contributed by atoms with Crippen LogP contribution in [-0.2, 0) is 0 Å². The first-order valence-electron chi connectivity index (χ1n) is 10.9. The summed E-state index contributed by atoms with van der Waals surface area (Å²) in [4.78, 5) is 16.7. The number of aromatic nitrogens is 2. The van der Waals surface area contributed by atoms with E-state index in [1.807, 2.05) is 60.4 Å². The predicted molar refractivity (Wildman–Crippen MR) is 129 cm³/mol. The highest BCUT2D eigenvalue weighted by molar-refractivity contribution is 5.95. The number of piperazine rings is 1. The summed E-state index contributed by atoms with van der Waals surface area (Å²) >= 11 is 0. The SMILES string of the molecule is Cc1ccccc1NC(=O)N1CCN(c2ccc(-c3cccc4ccccc34)nn2)CC1. The lowest BCUT2D eigenvalue weighted by molar-refractivity contribution is 0.208. The van der Waals surface area contributed by atoms with Gasteiger partial charge in [0.1, 0.15) is 0 Å². The van der Waals surface area contributed by atoms with Crippen molar-refractivity contribution < 1.29 is 4.79 Å². The van der Waals surface area contributed by atoms with Gasteiger partial charge in [0.05, 0.1) is 5.69 Å². The van der Waals surface area contributed by atoms with Gasteiger partial charge in [-0.05, 0) is 41.5 Å². The van der Waals surface area contributed by atoms with Gasteiger partial charge in [-0.3, -0.25) is 0 Å². The van der Waals surface area contributed by atoms with Crippen molar-refractivity contribution in [3.63, 3.8) is 0 Å². The molecule has 1 aromatic heterocycles. The number of amides is 2. The first kappa shape index (κ1) is 20.0. The van der Waals surface area contributed by atoms with Gasteiger partial charge in [-0.2, -0.15) is 0 Å². The largest absolute Gasteiger partial charge is 0.352 e. The zero-order valence-electron chi connectivity index (χ0n) is 18.0. The maximum absolute atomic E-state index is 12.6. The number of benzene rings is 3. The molecular formula is C26H25N5O. The summed E-state index contributed by atoms with van der Waals surface area (Å²) in [6.45, 7) is 4.73. The van der Waals surface area contributed by atoms with Crippen LogP contribution < -0.4 is 10.2 Å². The maximum atomic E-state index is 12.6. The van der Waals surface area contributed by atoms with Gasteiger partial charge in [0, 0.05) is 37.4 Å². The van der Waals surface area contributed by atoms with Crippen LogP contribution in [0.2, 0.25) is 0 Å². The molecular weight excluding hydrogens is 398 g/mol. The third-order valence-electron chi connectivity index (χ3n) is 5.99. The van der Waals surface area contributed by atoms with Crippen LogP contribution >= 0.6 is 0 Å². The molecule has 0 radical (unpaired) electrons. The van der Waals surface area contributed by atoms with Crippen molar-refractivity contribution in [2.24, 2.45) is 0 Å². The van der Waals surface area contributed by atoms with E-state index in [0.29, 0.717) is 13.1 Å². The van der Waals surface area contributed by atoms with Gasteiger partial charge in [0.15, 0.2) is 5.82 Å². The molecule has 4 aromatic rings. The minimum atomic E-state index is -0.0589. The minimum absolute atomic E-state index is 0.0589. The van der Waals surface area contributed by atoms with Crippen molar-refractivity contribution in [3.8, 4) is 11.3 Å². The second-order valence-electron chi connectivity index (χ2n) is 8.02. The minimum Gasteiger partial charge on any atom is -0.352 e. The average molecular weight is 424 g/mol. The molecule has 1 fully saturated rings. The number of para-hydroxylation sites is 1. The Balaban J connectivity index is 1.24. The highest BCUT2D eigenvalue weighted by Crippen LogP contribution is 2.27. The molecule has 1 saturated heterocycles. The Morgan fingerprint density at radius 2 is 1.56 bits per heavy atom. The van der Waals surface area contributed by atoms with Crippen molar-refractivity contribution >= 4 is 28.3 Å². The third kappa shape index (κ3) is 3.99. The number of rotatable bonds is 3. The molecule has 32 heavy (non-hydrogen) atoms. The third-order valence-corrected chi connectivity index (χ3v) is 5.99. The van der Waals surface area contributed by atoms with E-state index in [0.717, 1.165) is 41.4 Å². The van der Waals surface area contributed by atoms with Gasteiger partial charge >= 0.3 is 6.03 Å². The first-order valence-corrected chi connectivity index (χ1v) is 10.9. The highest BCUT2D eigenvalue weighted by atomic mass is 16.2. The van der Waals surface area contributed by atoms with Crippen LogP contribution in [0.25, 0.3) is 22.0 Å². The summed E-state index contributed by atoms with van der Waals surface area (Å²) in [5.74, 6) is 0.841. The van der Waals surface area contributed by atoms with Crippen LogP contribution in [0.15, 0.2) is 78.9 Å². The van der Waals surface area contributed by atoms with E-state index in [1.165, 1.54) is 10.8 Å². The monoisotopic (exact) mass is 423 g/mol. The summed E-state index contributed by atoms with van der Waals surface area (Å²) in [5, 5.41) is 14.4. The van der Waals surface area contributed by atoms with Gasteiger partial charge in [-0.25, -0.2) is 4.79 Å². The van der Waals surface area contributed by atoms with Gasteiger partial charge < -0.3 is 15.1 Å². The van der Waals surface area contributed by atoms with Crippen molar-refractivity contribution in [1.82, 2.24) is 15.1 Å². The zero-order chi connectivity index (χ0) is 21.9. The average Bonchev–Trinajstić information content (AvgIpc) is 2.85. The van der Waals surface area contributed by atoms with Crippen LogP contribution in [0.1, 0.15) is 5.56 Å². The molecule has 1 aliphatic rings. The van der Waals surface area contributed by atoms with E-state index >= 15 is 0 Å². The number of anilines is 2. The lowest BCUT2D eigenvalue weighted by Crippen LogP contribution is -2.50. The van der Waals surface area contributed by atoms with Gasteiger partial charge in [-0.15, -0.1) is 10.2 Å². The Labute approximate surface area is 187 Å². The molecule has 0 aliphatic carbocycles. The lowest BCUT2D eigenvalue weighted by atomic mass is 10.0. The molecule has 2 amide bonds. The number of hydrogen-bond acceptors (Lipinski definition) is 4. The fourth-order valence-corrected chi connectivity index (χ4v) is 4.13. The van der Waals surface area contributed by atoms with Crippen molar-refractivity contribution in [2.75, 3.05) is 36.4 Å². The molecule has 6 heteroatoms. The molecule has 0 atom stereocenters. The molecule has 0 saturated carbocycles. The van der Waals surface area contributed by atoms with E-state index in [-0.39, 0.29) is 6.03 Å². The molecule has 0 unspecified atom stereocenters. The molecule has 6 nitrogen and oxygen atoms in total. The van der Waals surface area contributed by atoms with Crippen molar-refractivity contribution in [2.45, 2.75) is 6.92 Å². The zero-order valence-corrected chi connectivity index (χ0v) is 18.0. The Bertz CT molecular complexity index is 1240. The van der Waals surface area contributed by atoms with Gasteiger partial charge in [0.2, 0.25) is 0 Å². The van der Waals surface area contributed by atoms with E-state index in [1.54, 1.807) is 0 Å². The van der Waals surface area contributed by atoms with Crippen LogP contribution in [0.5, 0.6) is 0 Å². The van der Waals surface area contributed by atoms with Gasteiger partial charge in [-0.1, -0.05) is 60.7 Å². The highest BCUT2D eigenvalue weighted by Gasteiger charge is 2.22. The van der Waals surface area contributed by atoms with Crippen LogP contribution in [0, 0.1) is 6.92 Å². The molecule has 0 bridgehead atoms. The molecule has 3 aromatic carbocycles. The quantitative estimate of drug-likeness (QED) is 0.506. The first-order chi connectivity index (χ1) is 15.7. The molecule has 5 rings (SSSR count). The number of hydrogen-bond donors (Lipinski definition) is 1. The van der Waals surface area contributed by atoms with E-state index < -0.39 is 0 Å². The standard InChI is InChI=1S/C26H25N5O/c1-19-7-2-5-12-23(19)27-26(32)31-17-15-30(16-18-31)25-14-13-24(28-29-25)22-11-6-9-20-8-3-4-10-21(20)22/h2-14H,15-18H2,1H3,(H,27,32). The maximum Gasteiger partial charge on any atom is 0.321 e. The van der Waals surface area contributed by atoms with E-state index in [4.69, 9.17) is 0 Å². The number of urea groups is 1. The molecule has 1 aliphatic heterocycles. The summed E-state index contributed by atoms with van der Waals surface area (Å²) < 4.78 is 0. The van der Waals surface area contributed by atoms with Crippen molar-refractivity contribution in [1.29, 1.82) is 0 Å². The summed E-state index contributed by atoms with van der Waals surface area (Å²) in [7, 11) is 0. The predicted octanol–water partition coefficient (Wildman–Crippen LogP) is 4.96. The normalized spacial score (nSPS) is 13.9. The van der Waals surface area contributed by atoms with E-state index in [9.17, 15) is 4.79 Å². The van der Waals surface area contributed by atoms with Crippen LogP contribution in [0.4, 0.5) is 16.3 Å². The Kier molecular flexibility index (Phi) is 5.42. The second kappa shape index (κ2) is 8.67. The Morgan fingerprint density at radius 1 is 0.812 bits per heavy atom. The number of nitrogens with one attached hydrogen (secondary N) is 1. The topological polar surface area (TPSA) is 61.4 Å². The van der Waals surface area contributed by atoms with E-state index in [2.05, 4.69) is 50.7 Å². The second-order valence-corrected chi connectivity index (χ2v) is 8.02. The fraction of sp³-hybridized carbons (Fsp3) is 0.192. The fourth-order valence-electron chi connectivity index (χ4n) is 4.13. The van der Waals surface area contributed by atoms with Crippen LogP contribution in [-0.4, -0.2) is 47.3 Å².